The lowest BCUT2D eigenvalue weighted by molar-refractivity contribution is 0.0938. The van der Waals surface area contributed by atoms with E-state index in [9.17, 15) is 14.3 Å². The van der Waals surface area contributed by atoms with Crippen molar-refractivity contribution < 1.29 is 19.0 Å². The highest BCUT2D eigenvalue weighted by Crippen LogP contribution is 2.20. The van der Waals surface area contributed by atoms with Crippen LogP contribution >= 0.6 is 0 Å². The number of rotatable bonds is 6. The minimum Gasteiger partial charge on any atom is -0.494 e. The second-order valence-electron chi connectivity index (χ2n) is 4.79. The van der Waals surface area contributed by atoms with E-state index in [2.05, 4.69) is 5.32 Å². The minimum absolute atomic E-state index is 0.0250. The van der Waals surface area contributed by atoms with Crippen molar-refractivity contribution in [2.24, 2.45) is 0 Å². The van der Waals surface area contributed by atoms with Gasteiger partial charge in [0.25, 0.3) is 5.91 Å². The number of amides is 1. The summed E-state index contributed by atoms with van der Waals surface area (Å²) >= 11 is 0. The van der Waals surface area contributed by atoms with Crippen LogP contribution < -0.4 is 10.1 Å². The van der Waals surface area contributed by atoms with E-state index >= 15 is 0 Å². The molecule has 0 saturated heterocycles. The quantitative estimate of drug-likeness (QED) is 0.862. The normalized spacial score (nSPS) is 11.8. The zero-order chi connectivity index (χ0) is 15.9. The lowest BCUT2D eigenvalue weighted by Crippen LogP contribution is -2.26. The number of halogens is 1. The van der Waals surface area contributed by atoms with Gasteiger partial charge in [0.15, 0.2) is 11.6 Å². The summed E-state index contributed by atoms with van der Waals surface area (Å²) in [6.07, 6.45) is -0.321. The van der Waals surface area contributed by atoms with Crippen LogP contribution in [0.3, 0.4) is 0 Å². The zero-order valence-corrected chi connectivity index (χ0v) is 12.3. The smallest absolute Gasteiger partial charge is 0.254 e. The van der Waals surface area contributed by atoms with Gasteiger partial charge in [-0.2, -0.15) is 0 Å². The number of hydrogen-bond acceptors (Lipinski definition) is 3. The number of nitrogens with one attached hydrogen (secondary N) is 1. The number of aliphatic hydroxyl groups is 1. The van der Waals surface area contributed by atoms with Crippen molar-refractivity contribution >= 4 is 5.91 Å². The van der Waals surface area contributed by atoms with E-state index in [1.807, 2.05) is 30.3 Å². The Balaban J connectivity index is 1.91. The maximum atomic E-state index is 13.9. The van der Waals surface area contributed by atoms with Crippen LogP contribution in [-0.4, -0.2) is 24.7 Å². The van der Waals surface area contributed by atoms with Crippen molar-refractivity contribution in [3.8, 4) is 5.75 Å². The summed E-state index contributed by atoms with van der Waals surface area (Å²) in [7, 11) is 1.34. The molecule has 0 saturated carbocycles. The predicted octanol–water partition coefficient (Wildman–Crippen LogP) is 2.69. The van der Waals surface area contributed by atoms with Gasteiger partial charge in [-0.15, -0.1) is 0 Å². The SMILES string of the molecule is COc1cccc(C(=O)NCCC(O)c2ccccc2)c1F. The molecule has 0 aromatic heterocycles. The third kappa shape index (κ3) is 3.83. The van der Waals surface area contributed by atoms with Gasteiger partial charge in [0.1, 0.15) is 0 Å². The van der Waals surface area contributed by atoms with Crippen molar-refractivity contribution in [3.05, 3.63) is 65.5 Å². The number of benzene rings is 2. The number of hydrogen-bond donors (Lipinski definition) is 2. The number of carbonyl (C=O) groups excluding carboxylic acids is 1. The Kier molecular flexibility index (Phi) is 5.49. The summed E-state index contributed by atoms with van der Waals surface area (Å²) in [6, 6.07) is 13.6. The molecular weight excluding hydrogens is 285 g/mol. The van der Waals surface area contributed by atoms with Crippen molar-refractivity contribution in [1.29, 1.82) is 0 Å². The summed E-state index contributed by atoms with van der Waals surface area (Å²) in [5.74, 6) is -1.19. The average molecular weight is 303 g/mol. The van der Waals surface area contributed by atoms with Gasteiger partial charge in [0.2, 0.25) is 0 Å². The molecule has 2 N–H and O–H groups in total. The Morgan fingerprint density at radius 2 is 1.95 bits per heavy atom. The van der Waals surface area contributed by atoms with Crippen molar-refractivity contribution in [2.75, 3.05) is 13.7 Å². The van der Waals surface area contributed by atoms with E-state index < -0.39 is 17.8 Å². The fraction of sp³-hybridized carbons (Fsp3) is 0.235. The third-order valence-electron chi connectivity index (χ3n) is 3.32. The molecule has 5 heteroatoms. The molecule has 0 aliphatic rings. The van der Waals surface area contributed by atoms with Gasteiger partial charge < -0.3 is 15.2 Å². The van der Waals surface area contributed by atoms with Crippen LogP contribution in [0.5, 0.6) is 5.75 Å². The fourth-order valence-electron chi connectivity index (χ4n) is 2.10. The number of ether oxygens (including phenoxy) is 1. The number of methoxy groups -OCH3 is 1. The molecule has 2 aromatic rings. The maximum absolute atomic E-state index is 13.9. The number of carbonyl (C=O) groups is 1. The Bertz CT molecular complexity index is 631. The first-order chi connectivity index (χ1) is 10.6. The molecule has 2 aromatic carbocycles. The number of aliphatic hydroxyl groups excluding tert-OH is 1. The summed E-state index contributed by atoms with van der Waals surface area (Å²) in [4.78, 5) is 12.0. The van der Waals surface area contributed by atoms with Crippen LogP contribution in [0.25, 0.3) is 0 Å². The maximum Gasteiger partial charge on any atom is 0.254 e. The molecule has 1 amide bonds. The lowest BCUT2D eigenvalue weighted by Gasteiger charge is -2.12. The fourth-order valence-corrected chi connectivity index (χ4v) is 2.10. The summed E-state index contributed by atoms with van der Waals surface area (Å²) in [6.45, 7) is 0.242. The standard InChI is InChI=1S/C17H18FNO3/c1-22-15-9-5-8-13(16(15)18)17(21)19-11-10-14(20)12-6-3-2-4-7-12/h2-9,14,20H,10-11H2,1H3,(H,19,21). The summed E-state index contributed by atoms with van der Waals surface area (Å²) < 4.78 is 18.8. The molecule has 1 atom stereocenters. The van der Waals surface area contributed by atoms with Gasteiger partial charge in [0, 0.05) is 6.54 Å². The molecule has 0 heterocycles. The van der Waals surface area contributed by atoms with Gasteiger partial charge >= 0.3 is 0 Å². The van der Waals surface area contributed by atoms with Gasteiger partial charge in [-0.3, -0.25) is 4.79 Å². The van der Waals surface area contributed by atoms with Crippen LogP contribution in [0.15, 0.2) is 48.5 Å². The molecule has 2 rings (SSSR count). The highest BCUT2D eigenvalue weighted by atomic mass is 19.1. The highest BCUT2D eigenvalue weighted by molar-refractivity contribution is 5.94. The summed E-state index contributed by atoms with van der Waals surface area (Å²) in [5, 5.41) is 12.6. The van der Waals surface area contributed by atoms with Crippen LogP contribution in [-0.2, 0) is 0 Å². The minimum atomic E-state index is -0.689. The Morgan fingerprint density at radius 1 is 1.23 bits per heavy atom. The monoisotopic (exact) mass is 303 g/mol. The molecule has 0 aliphatic heterocycles. The lowest BCUT2D eigenvalue weighted by atomic mass is 10.1. The van der Waals surface area contributed by atoms with Crippen molar-refractivity contribution in [2.45, 2.75) is 12.5 Å². The molecule has 22 heavy (non-hydrogen) atoms. The summed E-state index contributed by atoms with van der Waals surface area (Å²) in [5.41, 5.74) is 0.706. The molecule has 0 spiro atoms. The van der Waals surface area contributed by atoms with Gasteiger partial charge in [-0.05, 0) is 24.1 Å². The van der Waals surface area contributed by atoms with Crippen LogP contribution in [0, 0.1) is 5.82 Å². The largest absolute Gasteiger partial charge is 0.494 e. The van der Waals surface area contributed by atoms with E-state index in [1.165, 1.54) is 19.2 Å². The van der Waals surface area contributed by atoms with Crippen molar-refractivity contribution in [1.82, 2.24) is 5.32 Å². The predicted molar refractivity (Wildman–Crippen MR) is 81.3 cm³/mol. The molecule has 1 unspecified atom stereocenters. The van der Waals surface area contributed by atoms with E-state index in [1.54, 1.807) is 6.07 Å². The van der Waals surface area contributed by atoms with E-state index in [4.69, 9.17) is 4.74 Å². The van der Waals surface area contributed by atoms with Gasteiger partial charge in [-0.1, -0.05) is 36.4 Å². The average Bonchev–Trinajstić information content (AvgIpc) is 2.55. The highest BCUT2D eigenvalue weighted by Gasteiger charge is 2.15. The third-order valence-corrected chi connectivity index (χ3v) is 3.32. The van der Waals surface area contributed by atoms with Gasteiger partial charge in [-0.25, -0.2) is 4.39 Å². The molecular formula is C17H18FNO3. The Labute approximate surface area is 128 Å². The van der Waals surface area contributed by atoms with Crippen molar-refractivity contribution in [3.63, 3.8) is 0 Å². The molecule has 116 valence electrons. The zero-order valence-electron chi connectivity index (χ0n) is 12.3. The molecule has 0 aliphatic carbocycles. The Hall–Kier alpha value is -2.40. The first kappa shape index (κ1) is 16.0. The van der Waals surface area contributed by atoms with E-state index in [-0.39, 0.29) is 17.9 Å². The molecule has 0 fully saturated rings. The molecule has 0 bridgehead atoms. The van der Waals surface area contributed by atoms with Gasteiger partial charge in [0.05, 0.1) is 18.8 Å². The second-order valence-corrected chi connectivity index (χ2v) is 4.79. The van der Waals surface area contributed by atoms with Crippen LogP contribution in [0.1, 0.15) is 28.4 Å². The van der Waals surface area contributed by atoms with E-state index in [0.29, 0.717) is 6.42 Å². The topological polar surface area (TPSA) is 58.6 Å². The second kappa shape index (κ2) is 7.56. The van der Waals surface area contributed by atoms with E-state index in [0.717, 1.165) is 5.56 Å². The first-order valence-electron chi connectivity index (χ1n) is 6.97. The Morgan fingerprint density at radius 3 is 2.64 bits per heavy atom. The van der Waals surface area contributed by atoms with Crippen LogP contribution in [0.4, 0.5) is 4.39 Å². The first-order valence-corrected chi connectivity index (χ1v) is 6.97. The molecule has 4 nitrogen and oxygen atoms in total. The molecule has 0 radical (unpaired) electrons. The van der Waals surface area contributed by atoms with Crippen LogP contribution in [0.2, 0.25) is 0 Å².